The van der Waals surface area contributed by atoms with Gasteiger partial charge in [-0.05, 0) is 59.1 Å². The van der Waals surface area contributed by atoms with Gasteiger partial charge in [-0.1, -0.05) is 6.07 Å². The SMILES string of the molecule is Cc1cc(C)n(-c2cccc(C(=O)N(CCN(C)C)Cc3nc[nH]c3C)c2)n1. The number of nitrogens with one attached hydrogen (secondary N) is 1. The lowest BCUT2D eigenvalue weighted by Gasteiger charge is -2.24. The van der Waals surface area contributed by atoms with Crippen molar-refractivity contribution in [3.8, 4) is 5.69 Å². The molecule has 3 rings (SSSR count). The Morgan fingerprint density at radius 1 is 1.14 bits per heavy atom. The van der Waals surface area contributed by atoms with Crippen LogP contribution in [0.3, 0.4) is 0 Å². The van der Waals surface area contributed by atoms with Crippen molar-refractivity contribution in [2.75, 3.05) is 27.2 Å². The number of likely N-dealkylation sites (N-methyl/N-ethyl adjacent to an activating group) is 1. The number of aromatic amines is 1. The van der Waals surface area contributed by atoms with Crippen LogP contribution in [-0.4, -0.2) is 62.6 Å². The quantitative estimate of drug-likeness (QED) is 0.684. The fourth-order valence-electron chi connectivity index (χ4n) is 3.14. The highest BCUT2D eigenvalue weighted by molar-refractivity contribution is 5.94. The highest BCUT2D eigenvalue weighted by atomic mass is 16.2. The number of rotatable bonds is 7. The van der Waals surface area contributed by atoms with Crippen LogP contribution < -0.4 is 0 Å². The third-order valence-electron chi connectivity index (χ3n) is 4.73. The first-order valence-corrected chi connectivity index (χ1v) is 9.41. The highest BCUT2D eigenvalue weighted by Crippen LogP contribution is 2.16. The van der Waals surface area contributed by atoms with Crippen LogP contribution >= 0.6 is 0 Å². The molecule has 1 amide bonds. The summed E-state index contributed by atoms with van der Waals surface area (Å²) < 4.78 is 1.87. The molecule has 3 aromatic rings. The number of benzene rings is 1. The monoisotopic (exact) mass is 380 g/mol. The Morgan fingerprint density at radius 2 is 1.93 bits per heavy atom. The van der Waals surface area contributed by atoms with Crippen LogP contribution in [0, 0.1) is 20.8 Å². The van der Waals surface area contributed by atoms with E-state index in [1.807, 2.05) is 74.8 Å². The second-order valence-corrected chi connectivity index (χ2v) is 7.39. The number of imidazole rings is 1. The zero-order valence-electron chi connectivity index (χ0n) is 17.2. The smallest absolute Gasteiger partial charge is 0.254 e. The molecule has 0 saturated heterocycles. The molecular weight excluding hydrogens is 352 g/mol. The molecule has 7 nitrogen and oxygen atoms in total. The zero-order chi connectivity index (χ0) is 20.3. The summed E-state index contributed by atoms with van der Waals surface area (Å²) in [6.45, 7) is 7.84. The van der Waals surface area contributed by atoms with E-state index >= 15 is 0 Å². The number of aromatic nitrogens is 4. The summed E-state index contributed by atoms with van der Waals surface area (Å²) >= 11 is 0. The first-order valence-electron chi connectivity index (χ1n) is 9.41. The van der Waals surface area contributed by atoms with E-state index in [1.54, 1.807) is 6.33 Å². The predicted molar refractivity (Wildman–Crippen MR) is 110 cm³/mol. The van der Waals surface area contributed by atoms with Crippen molar-refractivity contribution in [2.45, 2.75) is 27.3 Å². The van der Waals surface area contributed by atoms with Crippen LogP contribution in [0.1, 0.15) is 33.1 Å². The predicted octanol–water partition coefficient (Wildman–Crippen LogP) is 2.72. The molecular formula is C21H28N6O. The van der Waals surface area contributed by atoms with Gasteiger partial charge in [0.15, 0.2) is 0 Å². The molecule has 0 aliphatic heterocycles. The number of amides is 1. The Morgan fingerprint density at radius 3 is 2.54 bits per heavy atom. The second kappa shape index (κ2) is 8.39. The fraction of sp³-hybridized carbons (Fsp3) is 0.381. The first kappa shape index (κ1) is 19.8. The van der Waals surface area contributed by atoms with Gasteiger partial charge in [-0.15, -0.1) is 0 Å². The zero-order valence-corrected chi connectivity index (χ0v) is 17.2. The van der Waals surface area contributed by atoms with Gasteiger partial charge >= 0.3 is 0 Å². The van der Waals surface area contributed by atoms with Crippen LogP contribution in [0.2, 0.25) is 0 Å². The highest BCUT2D eigenvalue weighted by Gasteiger charge is 2.19. The lowest BCUT2D eigenvalue weighted by atomic mass is 10.1. The number of carbonyl (C=O) groups excluding carboxylic acids is 1. The van der Waals surface area contributed by atoms with Crippen molar-refractivity contribution < 1.29 is 4.79 Å². The summed E-state index contributed by atoms with van der Waals surface area (Å²) in [5, 5.41) is 4.53. The van der Waals surface area contributed by atoms with Gasteiger partial charge in [-0.2, -0.15) is 5.10 Å². The van der Waals surface area contributed by atoms with E-state index < -0.39 is 0 Å². The van der Waals surface area contributed by atoms with Crippen LogP contribution in [0.5, 0.6) is 0 Å². The molecule has 0 spiro atoms. The molecule has 1 aromatic carbocycles. The maximum absolute atomic E-state index is 13.3. The summed E-state index contributed by atoms with van der Waals surface area (Å²) in [5.74, 6) is -0.00682. The fourth-order valence-corrected chi connectivity index (χ4v) is 3.14. The molecule has 0 atom stereocenters. The van der Waals surface area contributed by atoms with Crippen molar-refractivity contribution in [1.82, 2.24) is 29.5 Å². The molecule has 0 bridgehead atoms. The minimum atomic E-state index is -0.00682. The molecule has 0 unspecified atom stereocenters. The topological polar surface area (TPSA) is 70.1 Å². The average molecular weight is 380 g/mol. The minimum absolute atomic E-state index is 0.00682. The minimum Gasteiger partial charge on any atom is -0.348 e. The normalized spacial score (nSPS) is 11.2. The Hall–Kier alpha value is -2.93. The Bertz CT molecular complexity index is 955. The molecule has 28 heavy (non-hydrogen) atoms. The van der Waals surface area contributed by atoms with Crippen molar-refractivity contribution in [1.29, 1.82) is 0 Å². The summed E-state index contributed by atoms with van der Waals surface area (Å²) in [7, 11) is 4.01. The van der Waals surface area contributed by atoms with Gasteiger partial charge in [-0.25, -0.2) is 9.67 Å². The second-order valence-electron chi connectivity index (χ2n) is 7.39. The van der Waals surface area contributed by atoms with E-state index in [2.05, 4.69) is 20.0 Å². The molecule has 0 radical (unpaired) electrons. The number of hydrogen-bond donors (Lipinski definition) is 1. The van der Waals surface area contributed by atoms with E-state index in [0.29, 0.717) is 18.7 Å². The molecule has 2 heterocycles. The first-order chi connectivity index (χ1) is 13.3. The standard InChI is InChI=1S/C21H28N6O/c1-15-11-16(2)27(24-15)19-8-6-7-18(12-19)21(28)26(10-9-25(4)5)13-20-17(3)22-14-23-20/h6-8,11-12,14H,9-10,13H2,1-5H3,(H,22,23). The molecule has 2 aromatic heterocycles. The molecule has 0 saturated carbocycles. The van der Waals surface area contributed by atoms with Gasteiger partial charge in [0, 0.05) is 30.0 Å². The van der Waals surface area contributed by atoms with E-state index in [1.165, 1.54) is 0 Å². The third-order valence-corrected chi connectivity index (χ3v) is 4.73. The van der Waals surface area contributed by atoms with E-state index in [9.17, 15) is 4.79 Å². The van der Waals surface area contributed by atoms with Gasteiger partial charge in [0.05, 0.1) is 29.9 Å². The van der Waals surface area contributed by atoms with Crippen LogP contribution in [0.4, 0.5) is 0 Å². The van der Waals surface area contributed by atoms with E-state index in [0.717, 1.165) is 35.0 Å². The summed E-state index contributed by atoms with van der Waals surface area (Å²) in [4.78, 5) is 24.7. The molecule has 1 N–H and O–H groups in total. The number of hydrogen-bond acceptors (Lipinski definition) is 4. The Labute approximate surface area is 166 Å². The molecule has 0 aliphatic carbocycles. The van der Waals surface area contributed by atoms with Gasteiger partial charge in [0.2, 0.25) is 0 Å². The van der Waals surface area contributed by atoms with Gasteiger partial charge < -0.3 is 14.8 Å². The van der Waals surface area contributed by atoms with Crippen molar-refractivity contribution in [3.05, 3.63) is 65.0 Å². The summed E-state index contributed by atoms with van der Waals surface area (Å²) in [5.41, 5.74) is 5.41. The van der Waals surface area contributed by atoms with Crippen LogP contribution in [0.15, 0.2) is 36.7 Å². The molecule has 148 valence electrons. The van der Waals surface area contributed by atoms with E-state index in [4.69, 9.17) is 0 Å². The summed E-state index contributed by atoms with van der Waals surface area (Å²) in [6, 6.07) is 9.67. The molecule has 0 fully saturated rings. The van der Waals surface area contributed by atoms with E-state index in [-0.39, 0.29) is 5.91 Å². The van der Waals surface area contributed by atoms with Crippen molar-refractivity contribution in [2.24, 2.45) is 0 Å². The van der Waals surface area contributed by atoms with Crippen LogP contribution in [-0.2, 0) is 6.54 Å². The molecule has 7 heteroatoms. The number of H-pyrrole nitrogens is 1. The summed E-state index contributed by atoms with van der Waals surface area (Å²) in [6.07, 6.45) is 1.67. The number of nitrogens with zero attached hydrogens (tertiary/aromatic N) is 5. The largest absolute Gasteiger partial charge is 0.348 e. The van der Waals surface area contributed by atoms with Gasteiger partial charge in [0.25, 0.3) is 5.91 Å². The maximum atomic E-state index is 13.3. The van der Waals surface area contributed by atoms with Crippen LogP contribution in [0.25, 0.3) is 5.69 Å². The van der Waals surface area contributed by atoms with Crippen molar-refractivity contribution in [3.63, 3.8) is 0 Å². The number of carbonyl (C=O) groups is 1. The third kappa shape index (κ3) is 4.48. The van der Waals surface area contributed by atoms with Crippen molar-refractivity contribution >= 4 is 5.91 Å². The Kier molecular flexibility index (Phi) is 5.94. The van der Waals surface area contributed by atoms with Gasteiger partial charge in [0.1, 0.15) is 0 Å². The lowest BCUT2D eigenvalue weighted by molar-refractivity contribution is 0.0729. The molecule has 0 aliphatic rings. The Balaban J connectivity index is 1.88. The average Bonchev–Trinajstić information content (AvgIpc) is 3.22. The number of aryl methyl sites for hydroxylation is 3. The maximum Gasteiger partial charge on any atom is 0.254 e. The lowest BCUT2D eigenvalue weighted by Crippen LogP contribution is -2.36. The van der Waals surface area contributed by atoms with Gasteiger partial charge in [-0.3, -0.25) is 4.79 Å².